The Balaban J connectivity index is 1.40. The zero-order valence-electron chi connectivity index (χ0n) is 16.8. The van der Waals surface area contributed by atoms with E-state index < -0.39 is 0 Å². The van der Waals surface area contributed by atoms with E-state index in [0.29, 0.717) is 17.0 Å². The minimum absolute atomic E-state index is 0.0388. The normalized spacial score (nSPS) is 14.7. The van der Waals surface area contributed by atoms with Crippen LogP contribution in [0.25, 0.3) is 5.95 Å². The predicted molar refractivity (Wildman–Crippen MR) is 112 cm³/mol. The van der Waals surface area contributed by atoms with Crippen LogP contribution in [0.3, 0.4) is 0 Å². The van der Waals surface area contributed by atoms with Gasteiger partial charge in [-0.15, -0.1) is 10.2 Å². The van der Waals surface area contributed by atoms with Crippen LogP contribution in [0.15, 0.2) is 35.5 Å². The fourth-order valence-corrected chi connectivity index (χ4v) is 4.03. The Morgan fingerprint density at radius 1 is 1.24 bits per heavy atom. The molecule has 9 heteroatoms. The number of hydrogen-bond donors (Lipinski definition) is 2. The standard InChI is InChI=1S/C20H25N7OS/c1-12-4-6-15(7-5-12)18(16-8-9-16)22-17(28)11-29-20-24-23-19(26(20)21)27-14(3)10-13(2)25-27/h4-7,10,16,18H,8-9,11,21H2,1-3H3,(H,22,28). The molecule has 1 atom stereocenters. The summed E-state index contributed by atoms with van der Waals surface area (Å²) in [6.45, 7) is 5.90. The number of rotatable bonds is 7. The summed E-state index contributed by atoms with van der Waals surface area (Å²) in [5.41, 5.74) is 4.17. The lowest BCUT2D eigenvalue weighted by Gasteiger charge is -2.19. The molecule has 0 spiro atoms. The lowest BCUT2D eigenvalue weighted by molar-refractivity contribution is -0.119. The van der Waals surface area contributed by atoms with Gasteiger partial charge >= 0.3 is 0 Å². The highest BCUT2D eigenvalue weighted by atomic mass is 32.2. The van der Waals surface area contributed by atoms with Gasteiger partial charge in [0.05, 0.1) is 17.5 Å². The van der Waals surface area contributed by atoms with Gasteiger partial charge in [-0.1, -0.05) is 41.6 Å². The molecule has 0 aliphatic heterocycles. The maximum atomic E-state index is 12.6. The van der Waals surface area contributed by atoms with Gasteiger partial charge in [0.2, 0.25) is 11.1 Å². The minimum Gasteiger partial charge on any atom is -0.348 e. The number of amides is 1. The Kier molecular flexibility index (Phi) is 5.31. The van der Waals surface area contributed by atoms with E-state index in [2.05, 4.69) is 51.8 Å². The molecule has 2 heterocycles. The number of carbonyl (C=O) groups excluding carboxylic acids is 1. The van der Waals surface area contributed by atoms with Crippen molar-refractivity contribution in [3.63, 3.8) is 0 Å². The molecule has 29 heavy (non-hydrogen) atoms. The Morgan fingerprint density at radius 3 is 2.59 bits per heavy atom. The molecule has 0 saturated heterocycles. The Bertz CT molecular complexity index is 1020. The number of nitrogens with zero attached hydrogens (tertiary/aromatic N) is 5. The van der Waals surface area contributed by atoms with Gasteiger partial charge < -0.3 is 11.2 Å². The van der Waals surface area contributed by atoms with Crippen molar-refractivity contribution < 1.29 is 4.79 Å². The first-order valence-electron chi connectivity index (χ1n) is 9.65. The minimum atomic E-state index is -0.0388. The van der Waals surface area contributed by atoms with Crippen LogP contribution in [0.1, 0.15) is 41.4 Å². The molecule has 1 aromatic carbocycles. The van der Waals surface area contributed by atoms with Crippen molar-refractivity contribution in [2.24, 2.45) is 5.92 Å². The van der Waals surface area contributed by atoms with E-state index in [0.717, 1.165) is 29.8 Å². The highest BCUT2D eigenvalue weighted by Gasteiger charge is 2.33. The van der Waals surface area contributed by atoms with Gasteiger partial charge in [-0.3, -0.25) is 4.79 Å². The number of carbonyl (C=O) groups is 1. The number of hydrogen-bond acceptors (Lipinski definition) is 6. The van der Waals surface area contributed by atoms with E-state index in [-0.39, 0.29) is 17.7 Å². The van der Waals surface area contributed by atoms with Crippen molar-refractivity contribution in [3.8, 4) is 5.95 Å². The van der Waals surface area contributed by atoms with Crippen LogP contribution in [0, 0.1) is 26.7 Å². The van der Waals surface area contributed by atoms with Crippen molar-refractivity contribution >= 4 is 17.7 Å². The van der Waals surface area contributed by atoms with E-state index in [1.807, 2.05) is 19.9 Å². The highest BCUT2D eigenvalue weighted by Crippen LogP contribution is 2.41. The van der Waals surface area contributed by atoms with E-state index in [1.165, 1.54) is 22.0 Å². The van der Waals surface area contributed by atoms with Gasteiger partial charge in [0.1, 0.15) is 0 Å². The summed E-state index contributed by atoms with van der Waals surface area (Å²) in [5.74, 6) is 7.27. The molecule has 1 unspecified atom stereocenters. The molecular weight excluding hydrogens is 386 g/mol. The summed E-state index contributed by atoms with van der Waals surface area (Å²) in [6.07, 6.45) is 2.30. The van der Waals surface area contributed by atoms with E-state index >= 15 is 0 Å². The van der Waals surface area contributed by atoms with Crippen LogP contribution in [0.5, 0.6) is 0 Å². The van der Waals surface area contributed by atoms with Crippen LogP contribution >= 0.6 is 11.8 Å². The second-order valence-electron chi connectivity index (χ2n) is 7.57. The second kappa shape index (κ2) is 7.90. The lowest BCUT2D eigenvalue weighted by Crippen LogP contribution is -2.31. The smallest absolute Gasteiger partial charge is 0.271 e. The number of benzene rings is 1. The molecule has 3 N–H and O–H groups in total. The first-order chi connectivity index (χ1) is 13.9. The molecule has 2 aromatic heterocycles. The first kappa shape index (κ1) is 19.5. The molecule has 3 aromatic rings. The summed E-state index contributed by atoms with van der Waals surface area (Å²) in [5, 5.41) is 16.3. The van der Waals surface area contributed by atoms with Gasteiger partial charge in [0.15, 0.2) is 0 Å². The lowest BCUT2D eigenvalue weighted by atomic mass is 10.0. The molecule has 0 bridgehead atoms. The molecule has 8 nitrogen and oxygen atoms in total. The quantitative estimate of drug-likeness (QED) is 0.457. The predicted octanol–water partition coefficient (Wildman–Crippen LogP) is 2.46. The summed E-state index contributed by atoms with van der Waals surface area (Å²) in [4.78, 5) is 12.6. The van der Waals surface area contributed by atoms with Crippen molar-refractivity contribution in [1.29, 1.82) is 0 Å². The molecule has 152 valence electrons. The monoisotopic (exact) mass is 411 g/mol. The van der Waals surface area contributed by atoms with E-state index in [4.69, 9.17) is 5.84 Å². The van der Waals surface area contributed by atoms with Crippen molar-refractivity contribution in [2.45, 2.75) is 44.8 Å². The average molecular weight is 412 g/mol. The number of nitrogen functional groups attached to an aromatic ring is 1. The highest BCUT2D eigenvalue weighted by molar-refractivity contribution is 7.99. The topological polar surface area (TPSA) is 104 Å². The van der Waals surface area contributed by atoms with Crippen LogP contribution in [-0.4, -0.2) is 36.3 Å². The maximum Gasteiger partial charge on any atom is 0.271 e. The molecule has 1 fully saturated rings. The number of nitrogens with one attached hydrogen (secondary N) is 1. The fourth-order valence-electron chi connectivity index (χ4n) is 3.37. The van der Waals surface area contributed by atoms with E-state index in [9.17, 15) is 4.79 Å². The SMILES string of the molecule is Cc1ccc(C(NC(=O)CSc2nnc(-n3nc(C)cc3C)n2N)C2CC2)cc1. The summed E-state index contributed by atoms with van der Waals surface area (Å²) >= 11 is 1.27. The van der Waals surface area contributed by atoms with Gasteiger partial charge in [-0.05, 0) is 51.2 Å². The maximum absolute atomic E-state index is 12.6. The zero-order chi connectivity index (χ0) is 20.5. The fraction of sp³-hybridized carbons (Fsp3) is 0.400. The Hall–Kier alpha value is -2.81. The third-order valence-corrected chi connectivity index (χ3v) is 5.97. The average Bonchev–Trinajstić information content (AvgIpc) is 3.39. The van der Waals surface area contributed by atoms with Crippen molar-refractivity contribution in [2.75, 3.05) is 11.6 Å². The van der Waals surface area contributed by atoms with Crippen molar-refractivity contribution in [3.05, 3.63) is 52.8 Å². The van der Waals surface area contributed by atoms with Crippen LogP contribution in [-0.2, 0) is 4.79 Å². The molecule has 4 rings (SSSR count). The van der Waals surface area contributed by atoms with Gasteiger partial charge in [-0.2, -0.15) is 5.10 Å². The number of aromatic nitrogens is 5. The van der Waals surface area contributed by atoms with Gasteiger partial charge in [-0.25, -0.2) is 9.36 Å². The van der Waals surface area contributed by atoms with Crippen LogP contribution in [0.2, 0.25) is 0 Å². The summed E-state index contributed by atoms with van der Waals surface area (Å²) in [7, 11) is 0. The largest absolute Gasteiger partial charge is 0.348 e. The van der Waals surface area contributed by atoms with Crippen LogP contribution in [0.4, 0.5) is 0 Å². The van der Waals surface area contributed by atoms with Crippen LogP contribution < -0.4 is 11.2 Å². The Labute approximate surface area is 173 Å². The molecule has 1 aliphatic carbocycles. The molecule has 1 aliphatic rings. The third-order valence-electron chi connectivity index (χ3n) is 5.02. The first-order valence-corrected chi connectivity index (χ1v) is 10.6. The number of thioether (sulfide) groups is 1. The second-order valence-corrected chi connectivity index (χ2v) is 8.52. The summed E-state index contributed by atoms with van der Waals surface area (Å²) in [6, 6.07) is 10.4. The molecule has 1 amide bonds. The molecule has 0 radical (unpaired) electrons. The number of aryl methyl sites for hydroxylation is 3. The molecular formula is C20H25N7OS. The number of nitrogens with two attached hydrogens (primary N) is 1. The Morgan fingerprint density at radius 2 is 1.97 bits per heavy atom. The van der Waals surface area contributed by atoms with Gasteiger partial charge in [0.25, 0.3) is 5.95 Å². The van der Waals surface area contributed by atoms with E-state index in [1.54, 1.807) is 4.68 Å². The third kappa shape index (κ3) is 4.29. The van der Waals surface area contributed by atoms with Gasteiger partial charge in [0, 0.05) is 5.69 Å². The summed E-state index contributed by atoms with van der Waals surface area (Å²) < 4.78 is 3.02. The van der Waals surface area contributed by atoms with Crippen molar-refractivity contribution in [1.82, 2.24) is 30.0 Å². The molecule has 1 saturated carbocycles. The zero-order valence-corrected chi connectivity index (χ0v) is 17.6.